The summed E-state index contributed by atoms with van der Waals surface area (Å²) in [5.74, 6) is -0.142. The molecule has 1 aliphatic carbocycles. The molecule has 0 aromatic heterocycles. The molecule has 0 amide bonds. The predicted molar refractivity (Wildman–Crippen MR) is 89.4 cm³/mol. The van der Waals surface area contributed by atoms with Gasteiger partial charge in [0.25, 0.3) is 0 Å². The summed E-state index contributed by atoms with van der Waals surface area (Å²) in [6, 6.07) is 11.5. The smallest absolute Gasteiger partial charge is 0.211 e. The average molecular weight is 356 g/mol. The van der Waals surface area contributed by atoms with E-state index in [4.69, 9.17) is 0 Å². The lowest BCUT2D eigenvalue weighted by Gasteiger charge is -2.26. The van der Waals surface area contributed by atoms with Crippen LogP contribution in [0.5, 0.6) is 0 Å². The van der Waals surface area contributed by atoms with Crippen molar-refractivity contribution in [2.45, 2.75) is 12.8 Å². The van der Waals surface area contributed by atoms with Crippen molar-refractivity contribution in [1.82, 2.24) is 4.90 Å². The number of allylic oxidation sites excluding steroid dienone is 2. The molecule has 110 valence electrons. The molecular weight excluding hydrogens is 342 g/mol. The standard InChI is InChI=1S/C18H14BrNO2/c19-15-16(20-7-3-4-8-20)18(22)14-10-12-6-2-1-5-11(12)9-13(14)17(15)21/h1-2,5-6,9-10H,3-4,7-8H2. The fourth-order valence-corrected chi connectivity index (χ4v) is 3.94. The first-order valence-corrected chi connectivity index (χ1v) is 8.23. The van der Waals surface area contributed by atoms with Crippen LogP contribution in [0.2, 0.25) is 0 Å². The van der Waals surface area contributed by atoms with Gasteiger partial charge in [0.15, 0.2) is 0 Å². The Morgan fingerprint density at radius 2 is 1.41 bits per heavy atom. The van der Waals surface area contributed by atoms with Gasteiger partial charge < -0.3 is 4.90 Å². The number of fused-ring (bicyclic) bond motifs is 2. The Morgan fingerprint density at radius 3 is 2.00 bits per heavy atom. The highest BCUT2D eigenvalue weighted by molar-refractivity contribution is 9.12. The van der Waals surface area contributed by atoms with Gasteiger partial charge in [-0.25, -0.2) is 0 Å². The van der Waals surface area contributed by atoms with Gasteiger partial charge in [-0.3, -0.25) is 9.59 Å². The SMILES string of the molecule is O=C1C(Br)=C(N2CCCC2)C(=O)c2cc3ccccc3cc21. The number of hydrogen-bond acceptors (Lipinski definition) is 3. The Hall–Kier alpha value is -1.94. The van der Waals surface area contributed by atoms with Crippen LogP contribution < -0.4 is 0 Å². The van der Waals surface area contributed by atoms with E-state index in [1.165, 1.54) is 0 Å². The molecule has 4 heteroatoms. The minimum Gasteiger partial charge on any atom is -0.367 e. The molecule has 1 saturated heterocycles. The summed E-state index contributed by atoms with van der Waals surface area (Å²) < 4.78 is 0.405. The number of rotatable bonds is 1. The molecule has 2 aromatic carbocycles. The Labute approximate surface area is 136 Å². The summed E-state index contributed by atoms with van der Waals surface area (Å²) in [4.78, 5) is 27.6. The second-order valence-electron chi connectivity index (χ2n) is 5.76. The van der Waals surface area contributed by atoms with E-state index in [2.05, 4.69) is 15.9 Å². The van der Waals surface area contributed by atoms with Crippen molar-refractivity contribution in [3.05, 3.63) is 57.7 Å². The summed E-state index contributed by atoms with van der Waals surface area (Å²) in [6.07, 6.45) is 2.13. The number of nitrogens with zero attached hydrogens (tertiary/aromatic N) is 1. The number of benzene rings is 2. The fraction of sp³-hybridized carbons (Fsp3) is 0.222. The molecule has 0 N–H and O–H groups in total. The quantitative estimate of drug-likeness (QED) is 0.777. The molecule has 0 unspecified atom stereocenters. The molecule has 0 atom stereocenters. The van der Waals surface area contributed by atoms with Gasteiger partial charge in [-0.05, 0) is 51.7 Å². The van der Waals surface area contributed by atoms with Crippen LogP contribution in [0.1, 0.15) is 33.6 Å². The monoisotopic (exact) mass is 355 g/mol. The third-order valence-electron chi connectivity index (χ3n) is 4.42. The van der Waals surface area contributed by atoms with Crippen LogP contribution in [0.4, 0.5) is 0 Å². The molecule has 1 aliphatic heterocycles. The van der Waals surface area contributed by atoms with Gasteiger partial charge >= 0.3 is 0 Å². The molecular formula is C18H14BrNO2. The van der Waals surface area contributed by atoms with Gasteiger partial charge in [0.1, 0.15) is 5.70 Å². The summed E-state index contributed by atoms with van der Waals surface area (Å²) in [6.45, 7) is 1.68. The minimum absolute atomic E-state index is 0.0471. The van der Waals surface area contributed by atoms with Crippen molar-refractivity contribution in [1.29, 1.82) is 0 Å². The highest BCUT2D eigenvalue weighted by atomic mass is 79.9. The molecule has 0 saturated carbocycles. The third kappa shape index (κ3) is 1.94. The van der Waals surface area contributed by atoms with Gasteiger partial charge in [-0.1, -0.05) is 24.3 Å². The highest BCUT2D eigenvalue weighted by Gasteiger charge is 2.35. The molecule has 3 nitrogen and oxygen atoms in total. The number of hydrogen-bond donors (Lipinski definition) is 0. The predicted octanol–water partition coefficient (Wildman–Crippen LogP) is 3.92. The fourth-order valence-electron chi connectivity index (χ4n) is 3.29. The third-order valence-corrected chi connectivity index (χ3v) is 5.16. The van der Waals surface area contributed by atoms with E-state index in [0.717, 1.165) is 36.7 Å². The molecule has 0 radical (unpaired) electrons. The molecule has 2 aliphatic rings. The Bertz CT molecular complexity index is 847. The van der Waals surface area contributed by atoms with Crippen LogP contribution in [0.3, 0.4) is 0 Å². The number of carbonyl (C=O) groups is 2. The van der Waals surface area contributed by atoms with Crippen molar-refractivity contribution < 1.29 is 9.59 Å². The van der Waals surface area contributed by atoms with Crippen LogP contribution in [0.15, 0.2) is 46.6 Å². The van der Waals surface area contributed by atoms with Gasteiger partial charge in [0, 0.05) is 24.2 Å². The van der Waals surface area contributed by atoms with Crippen molar-refractivity contribution >= 4 is 38.3 Å². The van der Waals surface area contributed by atoms with Gasteiger partial charge in [-0.15, -0.1) is 0 Å². The Balaban J connectivity index is 1.92. The number of ketones is 2. The first-order valence-electron chi connectivity index (χ1n) is 7.44. The van der Waals surface area contributed by atoms with Crippen LogP contribution in [0, 0.1) is 0 Å². The summed E-state index contributed by atoms with van der Waals surface area (Å²) in [7, 11) is 0. The van der Waals surface area contributed by atoms with E-state index >= 15 is 0 Å². The van der Waals surface area contributed by atoms with Gasteiger partial charge in [-0.2, -0.15) is 0 Å². The van der Waals surface area contributed by atoms with Gasteiger partial charge in [0.05, 0.1) is 4.48 Å². The first kappa shape index (κ1) is 13.7. The summed E-state index contributed by atoms with van der Waals surface area (Å²) in [5.41, 5.74) is 1.55. The highest BCUT2D eigenvalue weighted by Crippen LogP contribution is 2.35. The molecule has 1 fully saturated rings. The maximum Gasteiger partial charge on any atom is 0.211 e. The summed E-state index contributed by atoms with van der Waals surface area (Å²) >= 11 is 3.37. The Kier molecular flexibility index (Phi) is 3.15. The van der Waals surface area contributed by atoms with E-state index in [-0.39, 0.29) is 11.6 Å². The van der Waals surface area contributed by atoms with E-state index in [1.807, 2.05) is 41.3 Å². The molecule has 2 aromatic rings. The lowest BCUT2D eigenvalue weighted by atomic mass is 9.89. The molecule has 0 bridgehead atoms. The van der Waals surface area contributed by atoms with E-state index in [1.54, 1.807) is 0 Å². The van der Waals surface area contributed by atoms with Crippen LogP contribution in [0.25, 0.3) is 10.8 Å². The van der Waals surface area contributed by atoms with E-state index < -0.39 is 0 Å². The van der Waals surface area contributed by atoms with E-state index in [9.17, 15) is 9.59 Å². The number of halogens is 1. The zero-order chi connectivity index (χ0) is 15.3. The number of carbonyl (C=O) groups excluding carboxylic acids is 2. The zero-order valence-electron chi connectivity index (χ0n) is 11.9. The number of Topliss-reactive ketones (excluding diaryl/α,β-unsaturated/α-hetero) is 2. The zero-order valence-corrected chi connectivity index (χ0v) is 13.5. The average Bonchev–Trinajstić information content (AvgIpc) is 3.06. The first-order chi connectivity index (χ1) is 10.7. The lowest BCUT2D eigenvalue weighted by Crippen LogP contribution is -2.31. The second-order valence-corrected chi connectivity index (χ2v) is 6.55. The largest absolute Gasteiger partial charge is 0.367 e. The lowest BCUT2D eigenvalue weighted by molar-refractivity contribution is 0.0955. The molecule has 1 heterocycles. The van der Waals surface area contributed by atoms with Gasteiger partial charge in [0.2, 0.25) is 11.6 Å². The second kappa shape index (κ2) is 5.06. The Morgan fingerprint density at radius 1 is 0.864 bits per heavy atom. The van der Waals surface area contributed by atoms with Crippen molar-refractivity contribution in [2.75, 3.05) is 13.1 Å². The minimum atomic E-state index is -0.0951. The van der Waals surface area contributed by atoms with Crippen molar-refractivity contribution in [3.8, 4) is 0 Å². The van der Waals surface area contributed by atoms with E-state index in [0.29, 0.717) is 21.3 Å². The topological polar surface area (TPSA) is 37.4 Å². The molecule has 4 rings (SSSR count). The van der Waals surface area contributed by atoms with Crippen molar-refractivity contribution in [3.63, 3.8) is 0 Å². The molecule has 0 spiro atoms. The normalized spacial score (nSPS) is 18.3. The van der Waals surface area contributed by atoms with Crippen molar-refractivity contribution in [2.24, 2.45) is 0 Å². The molecule has 22 heavy (non-hydrogen) atoms. The maximum absolute atomic E-state index is 12.9. The van der Waals surface area contributed by atoms with Crippen LogP contribution in [-0.2, 0) is 0 Å². The summed E-state index contributed by atoms with van der Waals surface area (Å²) in [5, 5.41) is 1.97. The van der Waals surface area contributed by atoms with Crippen LogP contribution in [-0.4, -0.2) is 29.6 Å². The number of likely N-dealkylation sites (tertiary alicyclic amines) is 1. The maximum atomic E-state index is 12.9. The van der Waals surface area contributed by atoms with Crippen LogP contribution >= 0.6 is 15.9 Å².